The fourth-order valence-corrected chi connectivity index (χ4v) is 3.86. The van der Waals surface area contributed by atoms with Crippen LogP contribution in [-0.2, 0) is 4.79 Å². The standard InChI is InChI=1S/C19H24N2O3/c22-19(8-6-15-5-7-17-18(12-15)24-14-23-17)21-11-3-4-16(21)13-20-9-1-2-10-20/h5-8,12,16H,1-4,9-11,13-14H2. The number of carbonyl (C=O) groups is 1. The lowest BCUT2D eigenvalue weighted by atomic mass is 10.1. The molecule has 1 amide bonds. The number of rotatable bonds is 4. The summed E-state index contributed by atoms with van der Waals surface area (Å²) in [7, 11) is 0. The van der Waals surface area contributed by atoms with Crippen LogP contribution in [0.15, 0.2) is 24.3 Å². The number of ether oxygens (including phenoxy) is 2. The molecule has 1 aromatic carbocycles. The summed E-state index contributed by atoms with van der Waals surface area (Å²) in [5, 5.41) is 0. The van der Waals surface area contributed by atoms with Gasteiger partial charge in [0.2, 0.25) is 12.7 Å². The third-order valence-corrected chi connectivity index (χ3v) is 5.14. The summed E-state index contributed by atoms with van der Waals surface area (Å²) in [6.45, 7) is 4.55. The van der Waals surface area contributed by atoms with Crippen LogP contribution >= 0.6 is 0 Å². The highest BCUT2D eigenvalue weighted by Crippen LogP contribution is 2.32. The molecule has 0 radical (unpaired) electrons. The van der Waals surface area contributed by atoms with E-state index in [0.717, 1.165) is 43.0 Å². The Balaban J connectivity index is 1.39. The fraction of sp³-hybridized carbons (Fsp3) is 0.526. The van der Waals surface area contributed by atoms with E-state index in [1.807, 2.05) is 29.2 Å². The number of likely N-dealkylation sites (tertiary alicyclic amines) is 2. The number of amides is 1. The molecule has 2 saturated heterocycles. The lowest BCUT2D eigenvalue weighted by Crippen LogP contribution is -2.41. The average molecular weight is 328 g/mol. The predicted molar refractivity (Wildman–Crippen MR) is 92.0 cm³/mol. The van der Waals surface area contributed by atoms with Gasteiger partial charge in [0.25, 0.3) is 0 Å². The Kier molecular flexibility index (Phi) is 4.43. The molecule has 5 heteroatoms. The maximum absolute atomic E-state index is 12.6. The quantitative estimate of drug-likeness (QED) is 0.797. The van der Waals surface area contributed by atoms with Crippen molar-refractivity contribution >= 4 is 12.0 Å². The van der Waals surface area contributed by atoms with E-state index in [1.54, 1.807) is 6.08 Å². The van der Waals surface area contributed by atoms with Crippen molar-refractivity contribution in [3.05, 3.63) is 29.8 Å². The van der Waals surface area contributed by atoms with Gasteiger partial charge in [0.1, 0.15) is 0 Å². The van der Waals surface area contributed by atoms with Crippen molar-refractivity contribution in [2.24, 2.45) is 0 Å². The average Bonchev–Trinajstić information content (AvgIpc) is 3.34. The zero-order chi connectivity index (χ0) is 16.4. The van der Waals surface area contributed by atoms with E-state index < -0.39 is 0 Å². The van der Waals surface area contributed by atoms with Crippen LogP contribution in [-0.4, -0.2) is 54.7 Å². The molecule has 1 aromatic rings. The third kappa shape index (κ3) is 3.26. The smallest absolute Gasteiger partial charge is 0.246 e. The molecule has 0 saturated carbocycles. The van der Waals surface area contributed by atoms with Gasteiger partial charge in [0.15, 0.2) is 11.5 Å². The summed E-state index contributed by atoms with van der Waals surface area (Å²) >= 11 is 0. The van der Waals surface area contributed by atoms with Crippen molar-refractivity contribution in [3.8, 4) is 11.5 Å². The molecule has 3 aliphatic rings. The van der Waals surface area contributed by atoms with E-state index in [4.69, 9.17) is 9.47 Å². The lowest BCUT2D eigenvalue weighted by Gasteiger charge is -2.27. The predicted octanol–water partition coefficient (Wildman–Crippen LogP) is 2.52. The fourth-order valence-electron chi connectivity index (χ4n) is 3.86. The Hall–Kier alpha value is -2.01. The van der Waals surface area contributed by atoms with Crippen LogP contribution in [0.1, 0.15) is 31.2 Å². The monoisotopic (exact) mass is 328 g/mol. The minimum absolute atomic E-state index is 0.120. The highest BCUT2D eigenvalue weighted by Gasteiger charge is 2.29. The second-order valence-corrected chi connectivity index (χ2v) is 6.78. The molecule has 4 rings (SSSR count). The molecule has 0 aliphatic carbocycles. The number of hydrogen-bond acceptors (Lipinski definition) is 4. The van der Waals surface area contributed by atoms with E-state index in [0.29, 0.717) is 6.04 Å². The summed E-state index contributed by atoms with van der Waals surface area (Å²) < 4.78 is 10.7. The molecule has 3 aliphatic heterocycles. The van der Waals surface area contributed by atoms with Crippen molar-refractivity contribution in [1.29, 1.82) is 0 Å². The van der Waals surface area contributed by atoms with E-state index >= 15 is 0 Å². The van der Waals surface area contributed by atoms with Crippen molar-refractivity contribution in [3.63, 3.8) is 0 Å². The maximum Gasteiger partial charge on any atom is 0.246 e. The Bertz CT molecular complexity index is 637. The van der Waals surface area contributed by atoms with Crippen LogP contribution in [0.3, 0.4) is 0 Å². The minimum Gasteiger partial charge on any atom is -0.454 e. The van der Waals surface area contributed by atoms with Crippen LogP contribution in [0, 0.1) is 0 Å². The molecule has 128 valence electrons. The molecule has 5 nitrogen and oxygen atoms in total. The number of fused-ring (bicyclic) bond motifs is 1. The molecule has 0 N–H and O–H groups in total. The summed E-state index contributed by atoms with van der Waals surface area (Å²) in [6.07, 6.45) is 8.40. The van der Waals surface area contributed by atoms with Crippen LogP contribution < -0.4 is 9.47 Å². The minimum atomic E-state index is 0.120. The zero-order valence-electron chi connectivity index (χ0n) is 13.9. The van der Waals surface area contributed by atoms with E-state index in [1.165, 1.54) is 25.9 Å². The Labute approximate surface area is 142 Å². The van der Waals surface area contributed by atoms with Gasteiger partial charge in [-0.05, 0) is 62.5 Å². The highest BCUT2D eigenvalue weighted by molar-refractivity contribution is 5.92. The zero-order valence-corrected chi connectivity index (χ0v) is 13.9. The van der Waals surface area contributed by atoms with E-state index in [9.17, 15) is 4.79 Å². The Morgan fingerprint density at radius 3 is 2.83 bits per heavy atom. The van der Waals surface area contributed by atoms with E-state index in [-0.39, 0.29) is 12.7 Å². The molecule has 24 heavy (non-hydrogen) atoms. The number of hydrogen-bond donors (Lipinski definition) is 0. The number of nitrogens with zero attached hydrogens (tertiary/aromatic N) is 2. The summed E-state index contributed by atoms with van der Waals surface area (Å²) in [6, 6.07) is 6.12. The molecule has 2 fully saturated rings. The molecule has 3 heterocycles. The van der Waals surface area contributed by atoms with Gasteiger partial charge < -0.3 is 19.3 Å². The van der Waals surface area contributed by atoms with Gasteiger partial charge in [-0.3, -0.25) is 4.79 Å². The van der Waals surface area contributed by atoms with Crippen LogP contribution in [0.25, 0.3) is 6.08 Å². The highest BCUT2D eigenvalue weighted by atomic mass is 16.7. The number of benzene rings is 1. The summed E-state index contributed by atoms with van der Waals surface area (Å²) in [5.41, 5.74) is 0.961. The molecule has 0 spiro atoms. The van der Waals surface area contributed by atoms with Crippen molar-refractivity contribution < 1.29 is 14.3 Å². The van der Waals surface area contributed by atoms with Gasteiger partial charge in [-0.15, -0.1) is 0 Å². The van der Waals surface area contributed by atoms with Gasteiger partial charge in [-0.1, -0.05) is 6.07 Å². The molecule has 0 bridgehead atoms. The first-order valence-electron chi connectivity index (χ1n) is 8.90. The second-order valence-electron chi connectivity index (χ2n) is 6.78. The first-order valence-corrected chi connectivity index (χ1v) is 8.90. The van der Waals surface area contributed by atoms with Gasteiger partial charge in [0, 0.05) is 25.2 Å². The van der Waals surface area contributed by atoms with Gasteiger partial charge in [0.05, 0.1) is 0 Å². The molecule has 0 aromatic heterocycles. The summed E-state index contributed by atoms with van der Waals surface area (Å²) in [5.74, 6) is 1.63. The van der Waals surface area contributed by atoms with Crippen molar-refractivity contribution in [1.82, 2.24) is 9.80 Å². The molecular weight excluding hydrogens is 304 g/mol. The van der Waals surface area contributed by atoms with Crippen LogP contribution in [0.5, 0.6) is 11.5 Å². The normalized spacial score (nSPS) is 23.5. The lowest BCUT2D eigenvalue weighted by molar-refractivity contribution is -0.127. The maximum atomic E-state index is 12.6. The SMILES string of the molecule is O=C(C=Cc1ccc2c(c1)OCO2)N1CCCC1CN1CCCC1. The van der Waals surface area contributed by atoms with Crippen LogP contribution in [0.4, 0.5) is 0 Å². The molecule has 1 atom stereocenters. The molecular formula is C19H24N2O3. The van der Waals surface area contributed by atoms with E-state index in [2.05, 4.69) is 4.90 Å². The largest absolute Gasteiger partial charge is 0.454 e. The first kappa shape index (κ1) is 15.5. The van der Waals surface area contributed by atoms with Gasteiger partial charge in [-0.25, -0.2) is 0 Å². The van der Waals surface area contributed by atoms with Crippen LogP contribution in [0.2, 0.25) is 0 Å². The third-order valence-electron chi connectivity index (χ3n) is 5.14. The van der Waals surface area contributed by atoms with Crippen molar-refractivity contribution in [2.75, 3.05) is 33.0 Å². The second kappa shape index (κ2) is 6.85. The van der Waals surface area contributed by atoms with Gasteiger partial charge in [-0.2, -0.15) is 0 Å². The molecule has 1 unspecified atom stereocenters. The number of carbonyl (C=O) groups excluding carboxylic acids is 1. The Morgan fingerprint density at radius 2 is 1.96 bits per heavy atom. The topological polar surface area (TPSA) is 42.0 Å². The Morgan fingerprint density at radius 1 is 1.12 bits per heavy atom. The summed E-state index contributed by atoms with van der Waals surface area (Å²) in [4.78, 5) is 17.1. The van der Waals surface area contributed by atoms with Gasteiger partial charge >= 0.3 is 0 Å². The van der Waals surface area contributed by atoms with Crippen molar-refractivity contribution in [2.45, 2.75) is 31.7 Å². The first-order chi connectivity index (χ1) is 11.8.